The van der Waals surface area contributed by atoms with Crippen molar-refractivity contribution in [2.45, 2.75) is 12.6 Å². The third kappa shape index (κ3) is 7.41. The average molecular weight is 522 g/mol. The summed E-state index contributed by atoms with van der Waals surface area (Å²) in [6, 6.07) is 31.5. The lowest BCUT2D eigenvalue weighted by Gasteiger charge is -2.28. The molecular weight excluding hydrogens is 494 g/mol. The number of hydrogen-bond acceptors (Lipinski definition) is 5. The van der Waals surface area contributed by atoms with Crippen molar-refractivity contribution in [3.8, 4) is 11.5 Å². The maximum atomic E-state index is 13.6. The summed E-state index contributed by atoms with van der Waals surface area (Å²) in [4.78, 5) is 38.9. The summed E-state index contributed by atoms with van der Waals surface area (Å²) in [5.74, 6) is 0.0495. The van der Waals surface area contributed by atoms with Gasteiger partial charge in [-0.3, -0.25) is 24.5 Å². The molecular formula is C31H27N3O5. The van der Waals surface area contributed by atoms with Crippen LogP contribution in [0.4, 0.5) is 5.69 Å². The number of hydrogen-bond donors (Lipinski definition) is 3. The molecule has 0 aliphatic carbocycles. The zero-order chi connectivity index (χ0) is 27.5. The predicted molar refractivity (Wildman–Crippen MR) is 148 cm³/mol. The Labute approximate surface area is 226 Å². The molecule has 4 aromatic carbocycles. The third-order valence-corrected chi connectivity index (χ3v) is 5.81. The van der Waals surface area contributed by atoms with Crippen molar-refractivity contribution in [1.29, 1.82) is 0 Å². The summed E-state index contributed by atoms with van der Waals surface area (Å²) in [7, 11) is 0. The molecule has 0 aliphatic rings. The van der Waals surface area contributed by atoms with Crippen LogP contribution in [0.2, 0.25) is 0 Å². The molecule has 196 valence electrons. The monoisotopic (exact) mass is 521 g/mol. The summed E-state index contributed by atoms with van der Waals surface area (Å²) < 4.78 is 5.94. The summed E-state index contributed by atoms with van der Waals surface area (Å²) >= 11 is 0. The average Bonchev–Trinajstić information content (AvgIpc) is 2.98. The van der Waals surface area contributed by atoms with Gasteiger partial charge in [-0.1, -0.05) is 72.8 Å². The zero-order valence-corrected chi connectivity index (χ0v) is 20.9. The van der Waals surface area contributed by atoms with E-state index in [9.17, 15) is 14.4 Å². The van der Waals surface area contributed by atoms with E-state index in [1.165, 1.54) is 16.5 Å². The Bertz CT molecular complexity index is 1440. The van der Waals surface area contributed by atoms with Crippen LogP contribution in [0.5, 0.6) is 11.5 Å². The Hall–Kier alpha value is -5.21. The number of nitrogens with one attached hydrogen (secondary N) is 2. The molecule has 1 unspecified atom stereocenters. The van der Waals surface area contributed by atoms with Crippen LogP contribution in [0.15, 0.2) is 115 Å². The molecule has 8 heteroatoms. The van der Waals surface area contributed by atoms with Crippen molar-refractivity contribution >= 4 is 30.0 Å². The lowest BCUT2D eigenvalue weighted by molar-refractivity contribution is -0.124. The summed E-state index contributed by atoms with van der Waals surface area (Å²) in [5, 5.41) is 11.7. The number of hydroxylamine groups is 1. The van der Waals surface area contributed by atoms with E-state index in [2.05, 4.69) is 5.32 Å². The molecule has 3 amide bonds. The van der Waals surface area contributed by atoms with Crippen LogP contribution >= 0.6 is 0 Å². The second kappa shape index (κ2) is 13.4. The van der Waals surface area contributed by atoms with Gasteiger partial charge >= 0.3 is 0 Å². The minimum atomic E-state index is -1.03. The minimum Gasteiger partial charge on any atom is -0.457 e. The fourth-order valence-corrected chi connectivity index (χ4v) is 3.96. The van der Waals surface area contributed by atoms with Crippen molar-refractivity contribution in [2.75, 3.05) is 4.90 Å². The number of carbonyl (C=O) groups is 3. The number of carbonyl (C=O) groups excluding carboxylic acids is 3. The Morgan fingerprint density at radius 3 is 2.26 bits per heavy atom. The number of amides is 3. The summed E-state index contributed by atoms with van der Waals surface area (Å²) in [6.07, 6.45) is 3.26. The molecule has 0 spiro atoms. The SMILES string of the molecule is O=CN(c1cccc(Oc2ccccc2)c1)C(C(=O)NCc1ccccc1)c1cccc(/C=C/C(=O)NO)c1. The lowest BCUT2D eigenvalue weighted by Crippen LogP contribution is -2.40. The maximum Gasteiger partial charge on any atom is 0.267 e. The van der Waals surface area contributed by atoms with E-state index in [0.717, 1.165) is 11.6 Å². The van der Waals surface area contributed by atoms with Gasteiger partial charge in [0.25, 0.3) is 5.91 Å². The second-order valence-electron chi connectivity index (χ2n) is 8.51. The largest absolute Gasteiger partial charge is 0.457 e. The van der Waals surface area contributed by atoms with E-state index < -0.39 is 17.9 Å². The van der Waals surface area contributed by atoms with Crippen LogP contribution < -0.4 is 20.4 Å². The molecule has 3 N–H and O–H groups in total. The van der Waals surface area contributed by atoms with Gasteiger partial charge in [-0.2, -0.15) is 0 Å². The van der Waals surface area contributed by atoms with Crippen LogP contribution in [0, 0.1) is 0 Å². The Morgan fingerprint density at radius 1 is 0.846 bits per heavy atom. The van der Waals surface area contributed by atoms with Gasteiger partial charge in [0.2, 0.25) is 12.3 Å². The molecule has 0 saturated heterocycles. The highest BCUT2D eigenvalue weighted by Gasteiger charge is 2.28. The zero-order valence-electron chi connectivity index (χ0n) is 20.9. The highest BCUT2D eigenvalue weighted by atomic mass is 16.5. The number of nitrogens with zero attached hydrogens (tertiary/aromatic N) is 1. The van der Waals surface area contributed by atoms with Gasteiger partial charge < -0.3 is 10.1 Å². The lowest BCUT2D eigenvalue weighted by atomic mass is 10.0. The highest BCUT2D eigenvalue weighted by molar-refractivity contribution is 5.94. The molecule has 0 fully saturated rings. The topological polar surface area (TPSA) is 108 Å². The molecule has 0 aliphatic heterocycles. The van der Waals surface area contributed by atoms with Crippen molar-refractivity contribution in [3.63, 3.8) is 0 Å². The summed E-state index contributed by atoms with van der Waals surface area (Å²) in [6.45, 7) is 0.274. The minimum absolute atomic E-state index is 0.274. The fourth-order valence-electron chi connectivity index (χ4n) is 3.96. The van der Waals surface area contributed by atoms with Crippen LogP contribution in [-0.2, 0) is 20.9 Å². The number of ether oxygens (including phenoxy) is 1. The smallest absolute Gasteiger partial charge is 0.267 e. The highest BCUT2D eigenvalue weighted by Crippen LogP contribution is 2.31. The number of para-hydroxylation sites is 1. The predicted octanol–water partition coefficient (Wildman–Crippen LogP) is 5.02. The molecule has 8 nitrogen and oxygen atoms in total. The quantitative estimate of drug-likeness (QED) is 0.111. The molecule has 1 atom stereocenters. The number of anilines is 1. The van der Waals surface area contributed by atoms with Crippen molar-refractivity contribution < 1.29 is 24.3 Å². The first-order valence-corrected chi connectivity index (χ1v) is 12.2. The van der Waals surface area contributed by atoms with Gasteiger partial charge in [0.05, 0.1) is 0 Å². The van der Waals surface area contributed by atoms with Gasteiger partial charge in [-0.05, 0) is 53.1 Å². The van der Waals surface area contributed by atoms with E-state index in [-0.39, 0.29) is 6.54 Å². The van der Waals surface area contributed by atoms with Gasteiger partial charge in [0, 0.05) is 24.4 Å². The van der Waals surface area contributed by atoms with Crippen molar-refractivity contribution in [3.05, 3.63) is 132 Å². The van der Waals surface area contributed by atoms with Crippen LogP contribution in [0.3, 0.4) is 0 Å². The van der Waals surface area contributed by atoms with E-state index in [1.807, 2.05) is 60.7 Å². The van der Waals surface area contributed by atoms with Gasteiger partial charge in [0.15, 0.2) is 0 Å². The standard InChI is InChI=1S/C31H27N3O5/c35-22-34(26-13-8-16-28(20-26)39-27-14-5-2-6-15-27)30(31(37)32-21-24-9-3-1-4-10-24)25-12-7-11-23(19-25)17-18-29(36)33-38/h1-20,22,30,38H,21H2,(H,32,37)(H,33,36)/b18-17+. The van der Waals surface area contributed by atoms with E-state index >= 15 is 0 Å². The van der Waals surface area contributed by atoms with Gasteiger partial charge in [-0.25, -0.2) is 5.48 Å². The van der Waals surface area contributed by atoms with E-state index in [1.54, 1.807) is 48.5 Å². The molecule has 39 heavy (non-hydrogen) atoms. The third-order valence-electron chi connectivity index (χ3n) is 5.81. The molecule has 0 heterocycles. The van der Waals surface area contributed by atoms with E-state index in [4.69, 9.17) is 9.94 Å². The molecule has 0 bridgehead atoms. The molecule has 0 saturated carbocycles. The fraction of sp³-hybridized carbons (Fsp3) is 0.0645. The number of benzene rings is 4. The Kier molecular flexibility index (Phi) is 9.20. The molecule has 4 rings (SSSR count). The van der Waals surface area contributed by atoms with E-state index in [0.29, 0.717) is 34.7 Å². The Balaban J connectivity index is 1.68. The van der Waals surface area contributed by atoms with Crippen molar-refractivity contribution in [2.24, 2.45) is 0 Å². The molecule has 4 aromatic rings. The van der Waals surface area contributed by atoms with Crippen LogP contribution in [0.25, 0.3) is 6.08 Å². The van der Waals surface area contributed by atoms with Crippen LogP contribution in [0.1, 0.15) is 22.7 Å². The second-order valence-corrected chi connectivity index (χ2v) is 8.51. The normalized spacial score (nSPS) is 11.4. The first-order valence-electron chi connectivity index (χ1n) is 12.2. The maximum absolute atomic E-state index is 13.6. The first kappa shape index (κ1) is 26.8. The van der Waals surface area contributed by atoms with Crippen molar-refractivity contribution in [1.82, 2.24) is 10.8 Å². The molecule has 0 aromatic heterocycles. The number of rotatable bonds is 11. The van der Waals surface area contributed by atoms with Crippen LogP contribution in [-0.4, -0.2) is 23.4 Å². The van der Waals surface area contributed by atoms with Gasteiger partial charge in [0.1, 0.15) is 17.5 Å². The van der Waals surface area contributed by atoms with Gasteiger partial charge in [-0.15, -0.1) is 0 Å². The Morgan fingerprint density at radius 2 is 1.54 bits per heavy atom. The molecule has 0 radical (unpaired) electrons. The first-order chi connectivity index (χ1) is 19.1. The summed E-state index contributed by atoms with van der Waals surface area (Å²) in [5.41, 5.74) is 4.03.